The van der Waals surface area contributed by atoms with Gasteiger partial charge in [0.15, 0.2) is 5.78 Å². The first-order chi connectivity index (χ1) is 14.0. The van der Waals surface area contributed by atoms with E-state index >= 15 is 0 Å². The molecule has 0 spiro atoms. The van der Waals surface area contributed by atoms with Gasteiger partial charge in [0.25, 0.3) is 0 Å². The molecule has 0 fully saturated rings. The molecule has 0 radical (unpaired) electrons. The number of rotatable bonds is 5. The monoisotopic (exact) mass is 411 g/mol. The minimum Gasteiger partial charge on any atom is -0.469 e. The lowest BCUT2D eigenvalue weighted by molar-refractivity contribution is -0.139. The van der Waals surface area contributed by atoms with Crippen molar-refractivity contribution < 1.29 is 14.3 Å². The Labute approximate surface area is 174 Å². The van der Waals surface area contributed by atoms with Crippen LogP contribution in [0, 0.1) is 6.92 Å². The van der Waals surface area contributed by atoms with Gasteiger partial charge >= 0.3 is 5.97 Å². The zero-order chi connectivity index (χ0) is 20.5. The van der Waals surface area contributed by atoms with Crippen LogP contribution in [0.4, 0.5) is 16.4 Å². The molecule has 1 aromatic carbocycles. The van der Waals surface area contributed by atoms with Crippen LogP contribution in [0.5, 0.6) is 0 Å². The molecule has 7 heteroatoms. The second-order valence-electron chi connectivity index (χ2n) is 7.66. The van der Waals surface area contributed by atoms with Crippen LogP contribution in [0.3, 0.4) is 0 Å². The Morgan fingerprint density at radius 1 is 1.14 bits per heavy atom. The van der Waals surface area contributed by atoms with Gasteiger partial charge in [0.1, 0.15) is 5.00 Å². The van der Waals surface area contributed by atoms with Crippen LogP contribution in [0.25, 0.3) is 0 Å². The van der Waals surface area contributed by atoms with Gasteiger partial charge < -0.3 is 9.64 Å². The summed E-state index contributed by atoms with van der Waals surface area (Å²) in [5.74, 6) is -0.380. The number of azo groups is 1. The van der Waals surface area contributed by atoms with Crippen molar-refractivity contribution >= 4 is 39.5 Å². The third-order valence-corrected chi connectivity index (χ3v) is 7.01. The van der Waals surface area contributed by atoms with E-state index in [2.05, 4.69) is 27.3 Å². The van der Waals surface area contributed by atoms with Gasteiger partial charge in [-0.3, -0.25) is 9.59 Å². The van der Waals surface area contributed by atoms with E-state index in [1.807, 2.05) is 6.92 Å². The van der Waals surface area contributed by atoms with Crippen molar-refractivity contribution in [2.75, 3.05) is 25.1 Å². The third-order valence-electron chi connectivity index (χ3n) is 5.69. The summed E-state index contributed by atoms with van der Waals surface area (Å²) in [6.07, 6.45) is 4.57. The van der Waals surface area contributed by atoms with Gasteiger partial charge in [-0.15, -0.1) is 21.6 Å². The molecule has 6 nitrogen and oxygen atoms in total. The second-order valence-corrected chi connectivity index (χ2v) is 8.65. The van der Waals surface area contributed by atoms with Crippen molar-refractivity contribution in [1.29, 1.82) is 0 Å². The summed E-state index contributed by atoms with van der Waals surface area (Å²) in [6, 6.07) is 4.26. The Balaban J connectivity index is 1.70. The van der Waals surface area contributed by atoms with E-state index in [1.165, 1.54) is 55.0 Å². The van der Waals surface area contributed by atoms with Crippen LogP contribution in [-0.4, -0.2) is 32.0 Å². The average Bonchev–Trinajstić information content (AvgIpc) is 3.02. The van der Waals surface area contributed by atoms with Crippen molar-refractivity contribution in [2.24, 2.45) is 10.2 Å². The average molecular weight is 412 g/mol. The summed E-state index contributed by atoms with van der Waals surface area (Å²) in [4.78, 5) is 26.9. The number of methoxy groups -OCH3 is 1. The molecule has 1 aromatic heterocycles. The number of esters is 1. The molecule has 4 rings (SSSR count). The molecule has 0 bridgehead atoms. The Bertz CT molecular complexity index is 978. The Morgan fingerprint density at radius 2 is 1.79 bits per heavy atom. The number of benzene rings is 1. The molecule has 0 N–H and O–H groups in total. The lowest BCUT2D eigenvalue weighted by Crippen LogP contribution is -2.34. The van der Waals surface area contributed by atoms with E-state index in [9.17, 15) is 9.59 Å². The van der Waals surface area contributed by atoms with Gasteiger partial charge in [-0.25, -0.2) is 0 Å². The van der Waals surface area contributed by atoms with Crippen LogP contribution in [0.15, 0.2) is 22.4 Å². The highest BCUT2D eigenvalue weighted by Gasteiger charge is 2.24. The molecular weight excluding hydrogens is 386 g/mol. The first-order valence-electron chi connectivity index (χ1n) is 10.0. The molecule has 152 valence electrons. The fraction of sp³-hybridized carbons (Fsp3) is 0.455. The minimum atomic E-state index is -0.351. The Hall–Kier alpha value is -2.54. The molecule has 0 saturated carbocycles. The number of ketones is 1. The maximum atomic E-state index is 12.0. The lowest BCUT2D eigenvalue weighted by atomic mass is 9.91. The summed E-state index contributed by atoms with van der Waals surface area (Å²) < 4.78 is 4.81. The maximum absolute atomic E-state index is 12.0. The molecular formula is C22H25N3O3S. The van der Waals surface area contributed by atoms with Crippen molar-refractivity contribution in [2.45, 2.75) is 46.0 Å². The number of Topliss-reactive ketones (excluding diaryl/α,β-unsaturated/α-hetero) is 1. The highest BCUT2D eigenvalue weighted by atomic mass is 32.1. The van der Waals surface area contributed by atoms with Crippen LogP contribution in [-0.2, 0) is 28.8 Å². The predicted octanol–water partition coefficient (Wildman–Crippen LogP) is 5.09. The molecule has 29 heavy (non-hydrogen) atoms. The topological polar surface area (TPSA) is 71.3 Å². The molecule has 2 aliphatic rings. The highest BCUT2D eigenvalue weighted by Crippen LogP contribution is 2.40. The first-order valence-corrected chi connectivity index (χ1v) is 10.8. The molecule has 0 amide bonds. The summed E-state index contributed by atoms with van der Waals surface area (Å²) in [5, 5.41) is 9.57. The first kappa shape index (κ1) is 19.8. The van der Waals surface area contributed by atoms with Crippen molar-refractivity contribution in [3.8, 4) is 0 Å². The maximum Gasteiger partial charge on any atom is 0.310 e. The summed E-state index contributed by atoms with van der Waals surface area (Å²) in [5.41, 5.74) is 6.45. The zero-order valence-electron chi connectivity index (χ0n) is 17.1. The predicted molar refractivity (Wildman–Crippen MR) is 114 cm³/mol. The number of carbonyl (C=O) groups is 2. The van der Waals surface area contributed by atoms with E-state index in [4.69, 9.17) is 4.74 Å². The SMILES string of the molecule is COC(=O)Cc1c(N=Nc2cc3c4c(c2)CCCN4CCC3)sc(C(C)=O)c1C. The second kappa shape index (κ2) is 8.06. The smallest absolute Gasteiger partial charge is 0.310 e. The van der Waals surface area contributed by atoms with Gasteiger partial charge in [-0.1, -0.05) is 0 Å². The molecule has 0 unspecified atom stereocenters. The van der Waals surface area contributed by atoms with Gasteiger partial charge in [0.2, 0.25) is 0 Å². The minimum absolute atomic E-state index is 0.0293. The molecule has 0 aliphatic carbocycles. The summed E-state index contributed by atoms with van der Waals surface area (Å²) in [7, 11) is 1.36. The van der Waals surface area contributed by atoms with E-state index in [0.717, 1.165) is 42.7 Å². The van der Waals surface area contributed by atoms with E-state index in [1.54, 1.807) is 0 Å². The molecule has 0 atom stereocenters. The largest absolute Gasteiger partial charge is 0.469 e. The van der Waals surface area contributed by atoms with Crippen LogP contribution in [0.2, 0.25) is 0 Å². The fourth-order valence-corrected chi connectivity index (χ4v) is 5.36. The summed E-state index contributed by atoms with van der Waals surface area (Å²) in [6.45, 7) is 5.66. The highest BCUT2D eigenvalue weighted by molar-refractivity contribution is 7.18. The molecule has 2 aliphatic heterocycles. The van der Waals surface area contributed by atoms with E-state index in [0.29, 0.717) is 9.88 Å². The fourth-order valence-electron chi connectivity index (χ4n) is 4.32. The van der Waals surface area contributed by atoms with Crippen LogP contribution in [0.1, 0.15) is 51.7 Å². The van der Waals surface area contributed by atoms with Crippen LogP contribution >= 0.6 is 11.3 Å². The number of ether oxygens (including phenoxy) is 1. The standard InChI is InChI=1S/C22H25N3O3S/c1-13-18(12-19(27)28-3)22(29-21(13)14(2)26)24-23-17-10-15-6-4-8-25-9-5-7-16(11-17)20(15)25/h10-11H,4-9,12H2,1-3H3. The third kappa shape index (κ3) is 3.83. The molecule has 0 saturated heterocycles. The van der Waals surface area contributed by atoms with Gasteiger partial charge in [0.05, 0.1) is 24.1 Å². The number of carbonyl (C=O) groups excluding carboxylic acids is 2. The zero-order valence-corrected chi connectivity index (χ0v) is 17.9. The van der Waals surface area contributed by atoms with Crippen molar-refractivity contribution in [3.05, 3.63) is 39.3 Å². The number of nitrogens with zero attached hydrogens (tertiary/aromatic N) is 3. The Morgan fingerprint density at radius 3 is 2.38 bits per heavy atom. The number of hydrogen-bond acceptors (Lipinski definition) is 7. The number of hydrogen-bond donors (Lipinski definition) is 0. The van der Waals surface area contributed by atoms with Crippen molar-refractivity contribution in [1.82, 2.24) is 0 Å². The van der Waals surface area contributed by atoms with E-state index in [-0.39, 0.29) is 18.2 Å². The molecule has 3 heterocycles. The van der Waals surface area contributed by atoms with E-state index < -0.39 is 0 Å². The molecule has 2 aromatic rings. The van der Waals surface area contributed by atoms with Gasteiger partial charge in [-0.2, -0.15) is 0 Å². The number of anilines is 1. The van der Waals surface area contributed by atoms with Crippen molar-refractivity contribution in [3.63, 3.8) is 0 Å². The van der Waals surface area contributed by atoms with Crippen LogP contribution < -0.4 is 4.90 Å². The Kier molecular flexibility index (Phi) is 5.50. The normalized spacial score (nSPS) is 15.5. The number of thiophene rings is 1. The lowest BCUT2D eigenvalue weighted by Gasteiger charge is -2.36. The quantitative estimate of drug-likeness (QED) is 0.390. The van der Waals surface area contributed by atoms with Gasteiger partial charge in [-0.05, 0) is 68.4 Å². The van der Waals surface area contributed by atoms with Gasteiger partial charge in [0, 0.05) is 24.3 Å². The summed E-state index contributed by atoms with van der Waals surface area (Å²) >= 11 is 1.29. The number of aryl methyl sites for hydroxylation is 2.